The van der Waals surface area contributed by atoms with E-state index >= 15 is 0 Å². The van der Waals surface area contributed by atoms with Crippen LogP contribution in [0.5, 0.6) is 0 Å². The summed E-state index contributed by atoms with van der Waals surface area (Å²) < 4.78 is 0. The molecule has 0 aliphatic heterocycles. The number of hydrogen-bond acceptors (Lipinski definition) is 1. The molecule has 0 bridgehead atoms. The highest BCUT2D eigenvalue weighted by molar-refractivity contribution is 6.21. The summed E-state index contributed by atoms with van der Waals surface area (Å²) >= 11 is 5.86. The Kier molecular flexibility index (Phi) is 3.57. The van der Waals surface area contributed by atoms with Crippen LogP contribution in [-0.4, -0.2) is 18.0 Å². The monoisotopic (exact) mass is 199 g/mol. The quantitative estimate of drug-likeness (QED) is 0.543. The van der Waals surface area contributed by atoms with Gasteiger partial charge in [-0.05, 0) is 39.3 Å². The minimum atomic E-state index is 0.114. The Labute approximate surface area is 85.9 Å². The Balaban J connectivity index is 2.65. The third kappa shape index (κ3) is 2.58. The molecule has 1 rings (SSSR count). The number of nitrogens with one attached hydrogen (secondary N) is 1. The zero-order chi connectivity index (χ0) is 9.90. The lowest BCUT2D eigenvalue weighted by Gasteiger charge is -2.15. The van der Waals surface area contributed by atoms with Crippen LogP contribution in [0.2, 0.25) is 0 Å². The van der Waals surface area contributed by atoms with Crippen molar-refractivity contribution in [3.05, 3.63) is 23.8 Å². The molecule has 13 heavy (non-hydrogen) atoms. The van der Waals surface area contributed by atoms with E-state index in [1.54, 1.807) is 0 Å². The first-order valence-corrected chi connectivity index (χ1v) is 5.26. The maximum Gasteiger partial charge on any atom is 0.0490 e. The van der Waals surface area contributed by atoms with Gasteiger partial charge < -0.3 is 5.32 Å². The zero-order valence-electron chi connectivity index (χ0n) is 8.60. The molecule has 2 heteroatoms. The van der Waals surface area contributed by atoms with E-state index in [-0.39, 0.29) is 10.9 Å². The SMILES string of the molecule is C/C=C(\C=C/C(C)Cl)C1(NC)CC1. The lowest BCUT2D eigenvalue weighted by Crippen LogP contribution is -2.28. The Morgan fingerprint density at radius 2 is 2.15 bits per heavy atom. The molecule has 74 valence electrons. The maximum atomic E-state index is 5.86. The van der Waals surface area contributed by atoms with E-state index in [1.807, 2.05) is 20.0 Å². The molecule has 0 amide bonds. The number of rotatable bonds is 4. The van der Waals surface area contributed by atoms with Crippen LogP contribution in [-0.2, 0) is 0 Å². The van der Waals surface area contributed by atoms with Gasteiger partial charge in [0.05, 0.1) is 0 Å². The molecular formula is C11H18ClN. The van der Waals surface area contributed by atoms with Gasteiger partial charge in [0.15, 0.2) is 0 Å². The highest BCUT2D eigenvalue weighted by Crippen LogP contribution is 2.42. The van der Waals surface area contributed by atoms with Crippen molar-refractivity contribution >= 4 is 11.6 Å². The van der Waals surface area contributed by atoms with Gasteiger partial charge in [-0.1, -0.05) is 18.2 Å². The number of likely N-dealkylation sites (N-methyl/N-ethyl adjacent to an activating group) is 1. The van der Waals surface area contributed by atoms with Gasteiger partial charge in [-0.3, -0.25) is 0 Å². The summed E-state index contributed by atoms with van der Waals surface area (Å²) in [5, 5.41) is 3.48. The van der Waals surface area contributed by atoms with E-state index in [0.717, 1.165) is 0 Å². The first-order valence-electron chi connectivity index (χ1n) is 4.82. The van der Waals surface area contributed by atoms with Crippen molar-refractivity contribution < 1.29 is 0 Å². The summed E-state index contributed by atoms with van der Waals surface area (Å²) in [5.41, 5.74) is 1.62. The first-order chi connectivity index (χ1) is 6.14. The van der Waals surface area contributed by atoms with Crippen molar-refractivity contribution in [2.45, 2.75) is 37.6 Å². The molecule has 1 nitrogen and oxygen atoms in total. The normalized spacial score (nSPS) is 23.5. The van der Waals surface area contributed by atoms with Gasteiger partial charge in [-0.2, -0.15) is 0 Å². The van der Waals surface area contributed by atoms with Crippen LogP contribution < -0.4 is 5.32 Å². The second-order valence-electron chi connectivity index (χ2n) is 3.61. The average Bonchev–Trinajstić information content (AvgIpc) is 2.86. The summed E-state index contributed by atoms with van der Waals surface area (Å²) in [6, 6.07) is 0. The molecule has 0 aromatic rings. The van der Waals surface area contributed by atoms with Crippen LogP contribution >= 0.6 is 11.6 Å². The lowest BCUT2D eigenvalue weighted by molar-refractivity contribution is 0.645. The lowest BCUT2D eigenvalue weighted by atomic mass is 10.0. The molecule has 0 heterocycles. The molecule has 1 aliphatic carbocycles. The first kappa shape index (κ1) is 10.8. The second-order valence-corrected chi connectivity index (χ2v) is 4.30. The van der Waals surface area contributed by atoms with Crippen LogP contribution in [0, 0.1) is 0 Å². The highest BCUT2D eigenvalue weighted by atomic mass is 35.5. The van der Waals surface area contributed by atoms with Crippen molar-refractivity contribution in [2.24, 2.45) is 0 Å². The van der Waals surface area contributed by atoms with Gasteiger partial charge in [0.25, 0.3) is 0 Å². The second kappa shape index (κ2) is 4.30. The van der Waals surface area contributed by atoms with E-state index in [2.05, 4.69) is 24.4 Å². The maximum absolute atomic E-state index is 5.86. The Hall–Kier alpha value is -0.270. The van der Waals surface area contributed by atoms with E-state index in [1.165, 1.54) is 18.4 Å². The van der Waals surface area contributed by atoms with E-state index in [9.17, 15) is 0 Å². The summed E-state index contributed by atoms with van der Waals surface area (Å²) in [6.45, 7) is 4.06. The number of hydrogen-bond donors (Lipinski definition) is 1. The van der Waals surface area contributed by atoms with Crippen LogP contribution in [0.25, 0.3) is 0 Å². The Bertz CT molecular complexity index is 224. The number of allylic oxidation sites excluding steroid dienone is 2. The molecule has 1 unspecified atom stereocenters. The fourth-order valence-electron chi connectivity index (χ4n) is 1.58. The van der Waals surface area contributed by atoms with Gasteiger partial charge >= 0.3 is 0 Å². The standard InChI is InChI=1S/C11H18ClN/c1-4-10(6-5-9(2)12)11(13-3)7-8-11/h4-6,9,13H,7-8H2,1-3H3/b6-5-,10-4+. The predicted molar refractivity (Wildman–Crippen MR) is 59.2 cm³/mol. The fraction of sp³-hybridized carbons (Fsp3) is 0.636. The zero-order valence-corrected chi connectivity index (χ0v) is 9.36. The number of alkyl halides is 1. The van der Waals surface area contributed by atoms with Crippen molar-refractivity contribution in [3.63, 3.8) is 0 Å². The van der Waals surface area contributed by atoms with Gasteiger partial charge in [0.2, 0.25) is 0 Å². The fourth-order valence-corrected chi connectivity index (χ4v) is 1.65. The van der Waals surface area contributed by atoms with Gasteiger partial charge in [0, 0.05) is 10.9 Å². The molecule has 0 aromatic heterocycles. The summed E-state index contributed by atoms with van der Waals surface area (Å²) in [4.78, 5) is 0. The third-order valence-corrected chi connectivity index (χ3v) is 2.78. The summed E-state index contributed by atoms with van der Waals surface area (Å²) in [6.07, 6.45) is 8.82. The van der Waals surface area contributed by atoms with Crippen LogP contribution in [0.3, 0.4) is 0 Å². The van der Waals surface area contributed by atoms with Crippen molar-refractivity contribution in [3.8, 4) is 0 Å². The van der Waals surface area contributed by atoms with Crippen molar-refractivity contribution in [2.75, 3.05) is 7.05 Å². The molecule has 0 spiro atoms. The smallest absolute Gasteiger partial charge is 0.0490 e. The minimum Gasteiger partial charge on any atom is -0.310 e. The molecule has 1 fully saturated rings. The van der Waals surface area contributed by atoms with Gasteiger partial charge in [-0.15, -0.1) is 11.6 Å². The molecule has 0 saturated heterocycles. The topological polar surface area (TPSA) is 12.0 Å². The van der Waals surface area contributed by atoms with Crippen molar-refractivity contribution in [1.29, 1.82) is 0 Å². The molecule has 1 N–H and O–H groups in total. The molecule has 1 aliphatic rings. The minimum absolute atomic E-state index is 0.114. The Morgan fingerprint density at radius 1 is 1.54 bits per heavy atom. The molecule has 1 saturated carbocycles. The van der Waals surface area contributed by atoms with E-state index in [0.29, 0.717) is 0 Å². The average molecular weight is 200 g/mol. The number of halogens is 1. The van der Waals surface area contributed by atoms with E-state index < -0.39 is 0 Å². The Morgan fingerprint density at radius 3 is 2.46 bits per heavy atom. The van der Waals surface area contributed by atoms with Crippen LogP contribution in [0.1, 0.15) is 26.7 Å². The largest absolute Gasteiger partial charge is 0.310 e. The van der Waals surface area contributed by atoms with Gasteiger partial charge in [0.1, 0.15) is 0 Å². The molecule has 1 atom stereocenters. The summed E-state index contributed by atoms with van der Waals surface area (Å²) in [5.74, 6) is 0. The van der Waals surface area contributed by atoms with E-state index in [4.69, 9.17) is 11.6 Å². The van der Waals surface area contributed by atoms with Crippen LogP contribution in [0.4, 0.5) is 0 Å². The summed E-state index contributed by atoms with van der Waals surface area (Å²) in [7, 11) is 2.02. The predicted octanol–water partition coefficient (Wildman–Crippen LogP) is 2.87. The van der Waals surface area contributed by atoms with Gasteiger partial charge in [-0.25, -0.2) is 0 Å². The van der Waals surface area contributed by atoms with Crippen molar-refractivity contribution in [1.82, 2.24) is 5.32 Å². The molecule has 0 aromatic carbocycles. The molecule has 0 radical (unpaired) electrons. The molecular weight excluding hydrogens is 182 g/mol. The van der Waals surface area contributed by atoms with Crippen LogP contribution in [0.15, 0.2) is 23.8 Å². The third-order valence-electron chi connectivity index (χ3n) is 2.63. The highest BCUT2D eigenvalue weighted by Gasteiger charge is 2.42.